The summed E-state index contributed by atoms with van der Waals surface area (Å²) in [4.78, 5) is 37.3. The molecule has 0 radical (unpaired) electrons. The first kappa shape index (κ1) is 21.4. The van der Waals surface area contributed by atoms with Gasteiger partial charge in [-0.3, -0.25) is 14.5 Å². The van der Waals surface area contributed by atoms with Crippen molar-refractivity contribution in [3.05, 3.63) is 64.6 Å². The van der Waals surface area contributed by atoms with Gasteiger partial charge >= 0.3 is 5.97 Å². The van der Waals surface area contributed by atoms with Crippen LogP contribution in [0.3, 0.4) is 0 Å². The van der Waals surface area contributed by atoms with E-state index >= 15 is 0 Å². The first-order valence-electron chi connectivity index (χ1n) is 9.38. The molecule has 0 spiro atoms. The van der Waals surface area contributed by atoms with Crippen LogP contribution in [0.1, 0.15) is 18.1 Å². The van der Waals surface area contributed by atoms with Gasteiger partial charge in [0.05, 0.1) is 11.5 Å². The van der Waals surface area contributed by atoms with Crippen molar-refractivity contribution in [2.75, 3.05) is 19.8 Å². The molecule has 0 atom stereocenters. The molecule has 0 aromatic heterocycles. The Hall–Kier alpha value is -3.26. The predicted molar refractivity (Wildman–Crippen MR) is 114 cm³/mol. The van der Waals surface area contributed by atoms with E-state index in [1.807, 2.05) is 30.3 Å². The summed E-state index contributed by atoms with van der Waals surface area (Å²) in [5, 5.41) is 8.49. The molecule has 1 fully saturated rings. The molecule has 0 saturated carbocycles. The normalized spacial score (nSPS) is 15.0. The summed E-state index contributed by atoms with van der Waals surface area (Å²) < 4.78 is 10.7. The molecule has 30 heavy (non-hydrogen) atoms. The van der Waals surface area contributed by atoms with Crippen molar-refractivity contribution in [2.24, 2.45) is 0 Å². The van der Waals surface area contributed by atoms with Gasteiger partial charge in [0.1, 0.15) is 0 Å². The maximum atomic E-state index is 12.7. The zero-order valence-electron chi connectivity index (χ0n) is 16.4. The molecule has 2 aromatic rings. The van der Waals surface area contributed by atoms with E-state index in [4.69, 9.17) is 14.6 Å². The zero-order chi connectivity index (χ0) is 21.5. The summed E-state index contributed by atoms with van der Waals surface area (Å²) in [6, 6.07) is 14.6. The fraction of sp³-hybridized carbons (Fsp3) is 0.227. The average molecular weight is 427 g/mol. The van der Waals surface area contributed by atoms with E-state index in [1.54, 1.807) is 31.2 Å². The Bertz CT molecular complexity index is 973. The monoisotopic (exact) mass is 427 g/mol. The highest BCUT2D eigenvalue weighted by Crippen LogP contribution is 2.34. The summed E-state index contributed by atoms with van der Waals surface area (Å²) in [7, 11) is 0. The molecule has 1 N–H and O–H groups in total. The van der Waals surface area contributed by atoms with Crippen LogP contribution in [0.2, 0.25) is 0 Å². The standard InChI is InChI=1S/C22H21NO6S/c1-2-28-18-12-16(8-9-17(18)29-14-20(24)25)13-19-21(26)23(22(27)30-19)11-10-15-6-4-3-5-7-15/h3-9,12-13H,2,10-11,14H2,1H3,(H,24,25)/b19-13-. The smallest absolute Gasteiger partial charge is 0.341 e. The maximum absolute atomic E-state index is 12.7. The summed E-state index contributed by atoms with van der Waals surface area (Å²) in [5.74, 6) is -0.751. The first-order valence-corrected chi connectivity index (χ1v) is 10.2. The number of ether oxygens (including phenoxy) is 2. The van der Waals surface area contributed by atoms with Crippen LogP contribution in [0.4, 0.5) is 4.79 Å². The summed E-state index contributed by atoms with van der Waals surface area (Å²) in [5.41, 5.74) is 1.70. The van der Waals surface area contributed by atoms with Gasteiger partial charge < -0.3 is 14.6 Å². The van der Waals surface area contributed by atoms with Gasteiger partial charge in [0.15, 0.2) is 18.1 Å². The van der Waals surface area contributed by atoms with Crippen molar-refractivity contribution in [3.8, 4) is 11.5 Å². The van der Waals surface area contributed by atoms with Gasteiger partial charge in [-0.25, -0.2) is 4.79 Å². The van der Waals surface area contributed by atoms with Crippen molar-refractivity contribution in [3.63, 3.8) is 0 Å². The number of amides is 2. The number of imide groups is 1. The number of carboxylic acids is 1. The molecule has 2 amide bonds. The Balaban J connectivity index is 1.74. The molecule has 1 heterocycles. The van der Waals surface area contributed by atoms with Crippen LogP contribution in [0, 0.1) is 0 Å². The zero-order valence-corrected chi connectivity index (χ0v) is 17.2. The fourth-order valence-corrected chi connectivity index (χ4v) is 3.74. The number of thioether (sulfide) groups is 1. The minimum absolute atomic E-state index is 0.298. The fourth-order valence-electron chi connectivity index (χ4n) is 2.87. The van der Waals surface area contributed by atoms with Crippen LogP contribution in [-0.4, -0.2) is 46.9 Å². The van der Waals surface area contributed by atoms with E-state index in [1.165, 1.54) is 4.90 Å². The Morgan fingerprint density at radius 1 is 1.10 bits per heavy atom. The second kappa shape index (κ2) is 9.98. The molecule has 8 heteroatoms. The Labute approximate surface area is 178 Å². The van der Waals surface area contributed by atoms with Gasteiger partial charge in [0.25, 0.3) is 11.1 Å². The lowest BCUT2D eigenvalue weighted by Crippen LogP contribution is -2.30. The minimum Gasteiger partial charge on any atom is -0.490 e. The van der Waals surface area contributed by atoms with E-state index in [2.05, 4.69) is 0 Å². The number of nitrogens with zero attached hydrogens (tertiary/aromatic N) is 1. The lowest BCUT2D eigenvalue weighted by molar-refractivity contribution is -0.139. The Morgan fingerprint density at radius 3 is 2.57 bits per heavy atom. The molecule has 2 aromatic carbocycles. The van der Waals surface area contributed by atoms with Gasteiger partial charge in [-0.2, -0.15) is 0 Å². The van der Waals surface area contributed by atoms with Crippen molar-refractivity contribution in [1.29, 1.82) is 0 Å². The largest absolute Gasteiger partial charge is 0.490 e. The molecule has 1 aliphatic heterocycles. The molecule has 0 bridgehead atoms. The van der Waals surface area contributed by atoms with E-state index in [-0.39, 0.29) is 11.1 Å². The van der Waals surface area contributed by atoms with Crippen molar-refractivity contribution >= 4 is 35.0 Å². The molecular weight excluding hydrogens is 406 g/mol. The molecule has 3 rings (SSSR count). The summed E-state index contributed by atoms with van der Waals surface area (Å²) >= 11 is 0.898. The first-order chi connectivity index (χ1) is 14.5. The average Bonchev–Trinajstić information content (AvgIpc) is 2.99. The number of hydrogen-bond donors (Lipinski definition) is 1. The second-order valence-electron chi connectivity index (χ2n) is 6.39. The van der Waals surface area contributed by atoms with Crippen molar-refractivity contribution in [2.45, 2.75) is 13.3 Å². The Kier molecular flexibility index (Phi) is 7.13. The minimum atomic E-state index is -1.09. The van der Waals surface area contributed by atoms with Crippen LogP contribution >= 0.6 is 11.8 Å². The van der Waals surface area contributed by atoms with Gasteiger partial charge in [0, 0.05) is 6.54 Å². The number of benzene rings is 2. The predicted octanol–water partition coefficient (Wildman–Crippen LogP) is 3.83. The lowest BCUT2D eigenvalue weighted by Gasteiger charge is -2.12. The van der Waals surface area contributed by atoms with Crippen molar-refractivity contribution in [1.82, 2.24) is 4.90 Å². The second-order valence-corrected chi connectivity index (χ2v) is 7.38. The lowest BCUT2D eigenvalue weighted by atomic mass is 10.1. The summed E-state index contributed by atoms with van der Waals surface area (Å²) in [6.07, 6.45) is 2.22. The number of hydrogen-bond acceptors (Lipinski definition) is 6. The summed E-state index contributed by atoms with van der Waals surface area (Å²) in [6.45, 7) is 1.99. The highest BCUT2D eigenvalue weighted by molar-refractivity contribution is 8.18. The highest BCUT2D eigenvalue weighted by atomic mass is 32.2. The van der Waals surface area contributed by atoms with E-state index < -0.39 is 12.6 Å². The van der Waals surface area contributed by atoms with Crippen LogP contribution < -0.4 is 9.47 Å². The van der Waals surface area contributed by atoms with Crippen LogP contribution in [0.25, 0.3) is 6.08 Å². The number of rotatable bonds is 9. The van der Waals surface area contributed by atoms with Crippen LogP contribution in [-0.2, 0) is 16.0 Å². The third kappa shape index (κ3) is 5.42. The highest BCUT2D eigenvalue weighted by Gasteiger charge is 2.34. The number of carbonyl (C=O) groups is 3. The SMILES string of the molecule is CCOc1cc(/C=C2\SC(=O)N(CCc3ccccc3)C2=O)ccc1OCC(=O)O. The molecule has 7 nitrogen and oxygen atoms in total. The van der Waals surface area contributed by atoms with E-state index in [0.717, 1.165) is 17.3 Å². The van der Waals surface area contributed by atoms with Crippen LogP contribution in [0.5, 0.6) is 11.5 Å². The van der Waals surface area contributed by atoms with Crippen LogP contribution in [0.15, 0.2) is 53.4 Å². The van der Waals surface area contributed by atoms with E-state index in [9.17, 15) is 14.4 Å². The number of carboxylic acid groups (broad SMARTS) is 1. The van der Waals surface area contributed by atoms with Gasteiger partial charge in [-0.15, -0.1) is 0 Å². The van der Waals surface area contributed by atoms with Gasteiger partial charge in [-0.05, 0) is 54.4 Å². The quantitative estimate of drug-likeness (QED) is 0.608. The van der Waals surface area contributed by atoms with Crippen molar-refractivity contribution < 1.29 is 29.0 Å². The number of aliphatic carboxylic acids is 1. The van der Waals surface area contributed by atoms with E-state index in [0.29, 0.717) is 41.5 Å². The van der Waals surface area contributed by atoms with Gasteiger partial charge in [0.2, 0.25) is 0 Å². The topological polar surface area (TPSA) is 93.1 Å². The molecule has 1 aliphatic rings. The number of carbonyl (C=O) groups excluding carboxylic acids is 2. The molecule has 0 unspecified atom stereocenters. The molecular formula is C22H21NO6S. The third-order valence-electron chi connectivity index (χ3n) is 4.26. The Morgan fingerprint density at radius 2 is 1.87 bits per heavy atom. The molecule has 156 valence electrons. The maximum Gasteiger partial charge on any atom is 0.341 e. The van der Waals surface area contributed by atoms with Gasteiger partial charge in [-0.1, -0.05) is 36.4 Å². The molecule has 1 saturated heterocycles. The molecule has 0 aliphatic carbocycles. The third-order valence-corrected chi connectivity index (χ3v) is 5.16.